The van der Waals surface area contributed by atoms with Crippen molar-refractivity contribution >= 4 is 5.97 Å². The van der Waals surface area contributed by atoms with E-state index in [1.165, 1.54) is 0 Å². The molecule has 0 aromatic heterocycles. The second-order valence-electron chi connectivity index (χ2n) is 5.28. The Morgan fingerprint density at radius 3 is 2.28 bits per heavy atom. The van der Waals surface area contributed by atoms with Crippen LogP contribution in [0.3, 0.4) is 0 Å². The van der Waals surface area contributed by atoms with E-state index in [2.05, 4.69) is 20.4 Å². The number of hydrogen-bond donors (Lipinski definition) is 2. The fourth-order valence-electron chi connectivity index (χ4n) is 1.61. The van der Waals surface area contributed by atoms with Crippen molar-refractivity contribution in [3.05, 3.63) is 12.2 Å². The van der Waals surface area contributed by atoms with E-state index in [-0.39, 0.29) is 30.8 Å². The molecular formula is C14H26O4. The lowest BCUT2D eigenvalue weighted by Gasteiger charge is -2.21. The molecule has 0 radical (unpaired) electrons. The Labute approximate surface area is 110 Å². The molecule has 0 spiro atoms. The Kier molecular flexibility index (Phi) is 8.67. The van der Waals surface area contributed by atoms with E-state index in [9.17, 15) is 4.79 Å². The van der Waals surface area contributed by atoms with Crippen LogP contribution in [0, 0.1) is 11.8 Å². The molecule has 0 fully saturated rings. The summed E-state index contributed by atoms with van der Waals surface area (Å²) >= 11 is 0. The van der Waals surface area contributed by atoms with Gasteiger partial charge in [0.25, 0.3) is 0 Å². The zero-order valence-corrected chi connectivity index (χ0v) is 11.7. The monoisotopic (exact) mass is 258 g/mol. The third-order valence-electron chi connectivity index (χ3n) is 2.78. The molecular weight excluding hydrogens is 232 g/mol. The number of carbonyl (C=O) groups is 1. The van der Waals surface area contributed by atoms with Gasteiger partial charge >= 0.3 is 5.97 Å². The van der Waals surface area contributed by atoms with Crippen molar-refractivity contribution in [3.63, 3.8) is 0 Å². The summed E-state index contributed by atoms with van der Waals surface area (Å²) < 4.78 is 5.33. The fourth-order valence-corrected chi connectivity index (χ4v) is 1.61. The minimum Gasteiger partial charge on any atom is -0.459 e. The smallest absolute Gasteiger partial charge is 0.336 e. The van der Waals surface area contributed by atoms with Crippen LogP contribution >= 0.6 is 0 Å². The average Bonchev–Trinajstić information content (AvgIpc) is 2.33. The highest BCUT2D eigenvalue weighted by atomic mass is 16.5. The first kappa shape index (κ1) is 17.1. The Morgan fingerprint density at radius 2 is 1.83 bits per heavy atom. The summed E-state index contributed by atoms with van der Waals surface area (Å²) in [7, 11) is 0. The van der Waals surface area contributed by atoms with Gasteiger partial charge in [0, 0.05) is 6.61 Å². The molecule has 4 nitrogen and oxygen atoms in total. The van der Waals surface area contributed by atoms with Gasteiger partial charge in [-0.15, -0.1) is 0 Å². The summed E-state index contributed by atoms with van der Waals surface area (Å²) in [5, 5.41) is 17.8. The van der Waals surface area contributed by atoms with Crippen LogP contribution in [0.2, 0.25) is 0 Å². The number of rotatable bonds is 9. The van der Waals surface area contributed by atoms with Gasteiger partial charge in [0.15, 0.2) is 0 Å². The first-order valence-corrected chi connectivity index (χ1v) is 6.51. The normalized spacial score (nSPS) is 14.3. The van der Waals surface area contributed by atoms with E-state index in [0.717, 1.165) is 19.3 Å². The lowest BCUT2D eigenvalue weighted by molar-refractivity contribution is -0.146. The largest absolute Gasteiger partial charge is 0.459 e. The molecule has 0 aliphatic heterocycles. The third-order valence-corrected chi connectivity index (χ3v) is 2.78. The predicted molar refractivity (Wildman–Crippen MR) is 71.0 cm³/mol. The SMILES string of the molecule is C=C(CO)C(=O)OC(CCC(C)CO)CC(C)C. The molecule has 0 amide bonds. The molecule has 0 aromatic rings. The molecule has 0 saturated heterocycles. The van der Waals surface area contributed by atoms with Crippen molar-refractivity contribution in [2.24, 2.45) is 11.8 Å². The molecule has 0 bridgehead atoms. The van der Waals surface area contributed by atoms with Crippen molar-refractivity contribution in [1.82, 2.24) is 0 Å². The summed E-state index contributed by atoms with van der Waals surface area (Å²) in [6.45, 7) is 9.31. The highest BCUT2D eigenvalue weighted by Crippen LogP contribution is 2.18. The van der Waals surface area contributed by atoms with E-state index in [1.54, 1.807) is 0 Å². The quantitative estimate of drug-likeness (QED) is 0.489. The third kappa shape index (κ3) is 7.45. The molecule has 18 heavy (non-hydrogen) atoms. The number of carbonyl (C=O) groups excluding carboxylic acids is 1. The predicted octanol–water partition coefficient (Wildman–Crippen LogP) is 1.90. The second-order valence-corrected chi connectivity index (χ2v) is 5.28. The first-order chi connectivity index (χ1) is 8.40. The van der Waals surface area contributed by atoms with Crippen molar-refractivity contribution in [2.45, 2.75) is 46.1 Å². The lowest BCUT2D eigenvalue weighted by Crippen LogP contribution is -2.23. The van der Waals surface area contributed by atoms with Gasteiger partial charge in [-0.3, -0.25) is 0 Å². The van der Waals surface area contributed by atoms with Gasteiger partial charge in [-0.1, -0.05) is 27.4 Å². The molecule has 0 aromatic carbocycles. The van der Waals surface area contributed by atoms with Crippen LogP contribution < -0.4 is 0 Å². The summed E-state index contributed by atoms with van der Waals surface area (Å²) in [5.41, 5.74) is 0.0824. The average molecular weight is 258 g/mol. The van der Waals surface area contributed by atoms with Crippen LogP contribution in [0.15, 0.2) is 12.2 Å². The number of aliphatic hydroxyl groups is 2. The maximum absolute atomic E-state index is 11.5. The van der Waals surface area contributed by atoms with Gasteiger partial charge in [-0.05, 0) is 31.1 Å². The maximum atomic E-state index is 11.5. The zero-order chi connectivity index (χ0) is 14.1. The molecule has 4 heteroatoms. The van der Waals surface area contributed by atoms with Gasteiger partial charge in [0.1, 0.15) is 6.10 Å². The number of hydrogen-bond acceptors (Lipinski definition) is 4. The molecule has 2 atom stereocenters. The Morgan fingerprint density at radius 1 is 1.22 bits per heavy atom. The summed E-state index contributed by atoms with van der Waals surface area (Å²) in [6, 6.07) is 0. The van der Waals surface area contributed by atoms with Gasteiger partial charge < -0.3 is 14.9 Å². The van der Waals surface area contributed by atoms with Crippen LogP contribution in [0.4, 0.5) is 0 Å². The first-order valence-electron chi connectivity index (χ1n) is 6.51. The van der Waals surface area contributed by atoms with Crippen LogP contribution in [0.25, 0.3) is 0 Å². The van der Waals surface area contributed by atoms with E-state index in [0.29, 0.717) is 5.92 Å². The fraction of sp³-hybridized carbons (Fsp3) is 0.786. The van der Waals surface area contributed by atoms with Gasteiger partial charge in [0.05, 0.1) is 12.2 Å². The van der Waals surface area contributed by atoms with E-state index in [4.69, 9.17) is 14.9 Å². The van der Waals surface area contributed by atoms with E-state index in [1.807, 2.05) is 6.92 Å². The summed E-state index contributed by atoms with van der Waals surface area (Å²) in [4.78, 5) is 11.5. The van der Waals surface area contributed by atoms with Crippen LogP contribution in [0.5, 0.6) is 0 Å². The number of esters is 1. The molecule has 0 aliphatic rings. The summed E-state index contributed by atoms with van der Waals surface area (Å²) in [5.74, 6) is 0.105. The van der Waals surface area contributed by atoms with Crippen molar-refractivity contribution in [1.29, 1.82) is 0 Å². The highest BCUT2D eigenvalue weighted by molar-refractivity contribution is 5.88. The lowest BCUT2D eigenvalue weighted by atomic mass is 9.98. The molecule has 0 rings (SSSR count). The van der Waals surface area contributed by atoms with Crippen LogP contribution in [-0.4, -0.2) is 35.5 Å². The molecule has 2 unspecified atom stereocenters. The molecule has 106 valence electrons. The minimum absolute atomic E-state index is 0.0824. The van der Waals surface area contributed by atoms with Gasteiger partial charge in [0.2, 0.25) is 0 Å². The zero-order valence-electron chi connectivity index (χ0n) is 11.7. The standard InChI is InChI=1S/C14H26O4/c1-10(2)7-13(6-5-11(3)8-15)18-14(17)12(4)9-16/h10-11,13,15-16H,4-9H2,1-3H3. The molecule has 0 saturated carbocycles. The van der Waals surface area contributed by atoms with Gasteiger partial charge in [-0.25, -0.2) is 4.79 Å². The number of aliphatic hydroxyl groups excluding tert-OH is 2. The van der Waals surface area contributed by atoms with Gasteiger partial charge in [-0.2, -0.15) is 0 Å². The molecule has 0 heterocycles. The van der Waals surface area contributed by atoms with E-state index < -0.39 is 5.97 Å². The number of ether oxygens (including phenoxy) is 1. The Balaban J connectivity index is 4.30. The van der Waals surface area contributed by atoms with Crippen LogP contribution in [-0.2, 0) is 9.53 Å². The van der Waals surface area contributed by atoms with Crippen molar-refractivity contribution in [3.8, 4) is 0 Å². The molecule has 2 N–H and O–H groups in total. The summed E-state index contributed by atoms with van der Waals surface area (Å²) in [6.07, 6.45) is 2.15. The minimum atomic E-state index is -0.528. The highest BCUT2D eigenvalue weighted by Gasteiger charge is 2.18. The second kappa shape index (κ2) is 9.11. The Hall–Kier alpha value is -0.870. The van der Waals surface area contributed by atoms with Crippen molar-refractivity contribution in [2.75, 3.05) is 13.2 Å². The van der Waals surface area contributed by atoms with E-state index >= 15 is 0 Å². The van der Waals surface area contributed by atoms with Crippen LogP contribution in [0.1, 0.15) is 40.0 Å². The maximum Gasteiger partial charge on any atom is 0.336 e. The molecule has 0 aliphatic carbocycles. The van der Waals surface area contributed by atoms with Crippen molar-refractivity contribution < 1.29 is 19.7 Å². The Bertz CT molecular complexity index is 261. The topological polar surface area (TPSA) is 66.8 Å².